The van der Waals surface area contributed by atoms with Crippen LogP contribution >= 0.6 is 0 Å². The van der Waals surface area contributed by atoms with Gasteiger partial charge in [-0.25, -0.2) is 14.8 Å². The van der Waals surface area contributed by atoms with Crippen molar-refractivity contribution in [3.05, 3.63) is 42.2 Å². The van der Waals surface area contributed by atoms with Crippen molar-refractivity contribution in [2.75, 3.05) is 32.4 Å². The van der Waals surface area contributed by atoms with Gasteiger partial charge < -0.3 is 20.3 Å². The predicted molar refractivity (Wildman–Crippen MR) is 94.2 cm³/mol. The number of nitrogens with two attached hydrogens (primary N) is 1. The second-order valence-electron chi connectivity index (χ2n) is 6.79. The van der Waals surface area contributed by atoms with Gasteiger partial charge in [-0.3, -0.25) is 4.79 Å². The van der Waals surface area contributed by atoms with Gasteiger partial charge in [0.25, 0.3) is 5.91 Å². The minimum atomic E-state index is -0.567. The Morgan fingerprint density at radius 2 is 1.85 bits per heavy atom. The molecule has 2 aliphatic heterocycles. The number of nitrogen functional groups attached to an aromatic ring is 1. The zero-order chi connectivity index (χ0) is 18.3. The van der Waals surface area contributed by atoms with Gasteiger partial charge in [-0.2, -0.15) is 0 Å². The van der Waals surface area contributed by atoms with Crippen LogP contribution < -0.4 is 5.73 Å². The van der Waals surface area contributed by atoms with Crippen LogP contribution in [0.5, 0.6) is 0 Å². The summed E-state index contributed by atoms with van der Waals surface area (Å²) in [6, 6.07) is 7.28. The molecule has 26 heavy (non-hydrogen) atoms. The Bertz CT molecular complexity index is 852. The first kappa shape index (κ1) is 16.3. The number of carbonyl (C=O) groups is 2. The fourth-order valence-electron chi connectivity index (χ4n) is 3.50. The van der Waals surface area contributed by atoms with Gasteiger partial charge in [-0.15, -0.1) is 0 Å². The number of benzene rings is 1. The van der Waals surface area contributed by atoms with Crippen LogP contribution in [0, 0.1) is 0 Å². The maximum Gasteiger partial charge on any atom is 0.410 e. The summed E-state index contributed by atoms with van der Waals surface area (Å²) in [6.07, 6.45) is 3.63. The molecule has 1 spiro atoms. The number of hydrogen-bond acceptors (Lipinski definition) is 6. The first-order valence-corrected chi connectivity index (χ1v) is 8.37. The van der Waals surface area contributed by atoms with E-state index < -0.39 is 5.60 Å². The lowest BCUT2D eigenvalue weighted by molar-refractivity contribution is 0.0553. The molecule has 4 rings (SSSR count). The van der Waals surface area contributed by atoms with Crippen molar-refractivity contribution in [2.24, 2.45) is 0 Å². The zero-order valence-corrected chi connectivity index (χ0v) is 14.4. The highest BCUT2D eigenvalue weighted by Crippen LogP contribution is 2.32. The standard InChI is InChI=1S/C18H19N5O3/c1-22-10-18(26-17(22)25)6-7-23(11-18)15(24)13-4-2-12(3-5-13)14-8-20-16(19)21-9-14/h2-5,8-9H,6-7,10-11H2,1H3,(H2,19,20,21)/t18-/m1/s1. The molecule has 3 heterocycles. The molecule has 2 aliphatic rings. The van der Waals surface area contributed by atoms with E-state index in [-0.39, 0.29) is 17.9 Å². The summed E-state index contributed by atoms with van der Waals surface area (Å²) in [4.78, 5) is 35.7. The highest BCUT2D eigenvalue weighted by atomic mass is 16.6. The van der Waals surface area contributed by atoms with Gasteiger partial charge >= 0.3 is 6.09 Å². The maximum atomic E-state index is 12.8. The van der Waals surface area contributed by atoms with Crippen molar-refractivity contribution >= 4 is 17.9 Å². The Hall–Kier alpha value is -3.16. The molecule has 2 fully saturated rings. The number of likely N-dealkylation sites (N-methyl/N-ethyl adjacent to an activating group) is 1. The average molecular weight is 353 g/mol. The summed E-state index contributed by atoms with van der Waals surface area (Å²) in [5.41, 5.74) is 7.27. The van der Waals surface area contributed by atoms with Gasteiger partial charge in [0.05, 0.1) is 13.1 Å². The number of nitrogens with zero attached hydrogens (tertiary/aromatic N) is 4. The van der Waals surface area contributed by atoms with Crippen LogP contribution in [0.25, 0.3) is 11.1 Å². The van der Waals surface area contributed by atoms with Gasteiger partial charge in [0.1, 0.15) is 0 Å². The lowest BCUT2D eigenvalue weighted by Gasteiger charge is -2.21. The summed E-state index contributed by atoms with van der Waals surface area (Å²) >= 11 is 0. The molecule has 0 radical (unpaired) electrons. The molecular formula is C18H19N5O3. The number of anilines is 1. The lowest BCUT2D eigenvalue weighted by atomic mass is 10.0. The molecular weight excluding hydrogens is 334 g/mol. The van der Waals surface area contributed by atoms with Crippen LogP contribution in [0.4, 0.5) is 10.7 Å². The van der Waals surface area contributed by atoms with Crippen LogP contribution in [0.3, 0.4) is 0 Å². The van der Waals surface area contributed by atoms with E-state index in [1.807, 2.05) is 12.1 Å². The molecule has 0 bridgehead atoms. The zero-order valence-electron chi connectivity index (χ0n) is 14.4. The molecule has 0 saturated carbocycles. The predicted octanol–water partition coefficient (Wildman–Crippen LogP) is 1.39. The van der Waals surface area contributed by atoms with E-state index in [0.717, 1.165) is 11.1 Å². The number of aromatic nitrogens is 2. The molecule has 1 aromatic carbocycles. The summed E-state index contributed by atoms with van der Waals surface area (Å²) in [7, 11) is 1.71. The minimum Gasteiger partial charge on any atom is -0.439 e. The van der Waals surface area contributed by atoms with E-state index in [0.29, 0.717) is 31.6 Å². The topological polar surface area (TPSA) is 102 Å². The molecule has 1 atom stereocenters. The average Bonchev–Trinajstić information content (AvgIpc) is 3.17. The van der Waals surface area contributed by atoms with Gasteiger partial charge in [0.15, 0.2) is 5.60 Å². The Labute approximate surface area is 150 Å². The highest BCUT2D eigenvalue weighted by Gasteiger charge is 2.49. The Morgan fingerprint density at radius 3 is 2.46 bits per heavy atom. The number of amides is 2. The molecule has 8 nitrogen and oxygen atoms in total. The van der Waals surface area contributed by atoms with Crippen molar-refractivity contribution in [1.29, 1.82) is 0 Å². The van der Waals surface area contributed by atoms with Gasteiger partial charge in [-0.1, -0.05) is 12.1 Å². The Balaban J connectivity index is 1.47. The number of carbonyl (C=O) groups excluding carboxylic acids is 2. The van der Waals surface area contributed by atoms with Crippen molar-refractivity contribution in [3.63, 3.8) is 0 Å². The van der Waals surface area contributed by atoms with E-state index in [1.165, 1.54) is 0 Å². The number of hydrogen-bond donors (Lipinski definition) is 1. The van der Waals surface area contributed by atoms with Crippen molar-refractivity contribution in [2.45, 2.75) is 12.0 Å². The SMILES string of the molecule is CN1C[C@@]2(CCN(C(=O)c3ccc(-c4cnc(N)nc4)cc3)C2)OC1=O. The molecule has 0 aliphatic carbocycles. The minimum absolute atomic E-state index is 0.0624. The maximum absolute atomic E-state index is 12.8. The highest BCUT2D eigenvalue weighted by molar-refractivity contribution is 5.95. The summed E-state index contributed by atoms with van der Waals surface area (Å²) in [6.45, 7) is 1.52. The van der Waals surface area contributed by atoms with E-state index in [9.17, 15) is 9.59 Å². The van der Waals surface area contributed by atoms with E-state index in [4.69, 9.17) is 10.5 Å². The molecule has 1 aromatic heterocycles. The smallest absolute Gasteiger partial charge is 0.410 e. The van der Waals surface area contributed by atoms with Crippen molar-refractivity contribution in [3.8, 4) is 11.1 Å². The van der Waals surface area contributed by atoms with Crippen LogP contribution in [0.1, 0.15) is 16.8 Å². The number of ether oxygens (including phenoxy) is 1. The first-order valence-electron chi connectivity index (χ1n) is 8.37. The monoisotopic (exact) mass is 353 g/mol. The third kappa shape index (κ3) is 2.83. The largest absolute Gasteiger partial charge is 0.439 e. The van der Waals surface area contributed by atoms with Crippen molar-refractivity contribution in [1.82, 2.24) is 19.8 Å². The summed E-state index contributed by atoms with van der Waals surface area (Å²) < 4.78 is 5.49. The molecule has 134 valence electrons. The lowest BCUT2D eigenvalue weighted by Crippen LogP contribution is -2.39. The molecule has 2 N–H and O–H groups in total. The molecule has 2 aromatic rings. The third-order valence-electron chi connectivity index (χ3n) is 4.88. The van der Waals surface area contributed by atoms with E-state index in [2.05, 4.69) is 9.97 Å². The molecule has 8 heteroatoms. The number of rotatable bonds is 2. The van der Waals surface area contributed by atoms with Gasteiger partial charge in [-0.05, 0) is 17.7 Å². The van der Waals surface area contributed by atoms with Crippen LogP contribution in [0.2, 0.25) is 0 Å². The first-order chi connectivity index (χ1) is 12.5. The van der Waals surface area contributed by atoms with E-state index >= 15 is 0 Å². The van der Waals surface area contributed by atoms with Gasteiger partial charge in [0, 0.05) is 43.5 Å². The van der Waals surface area contributed by atoms with Crippen LogP contribution in [-0.4, -0.2) is 64.1 Å². The molecule has 2 amide bonds. The Kier molecular flexibility index (Phi) is 3.75. The second-order valence-corrected chi connectivity index (χ2v) is 6.79. The summed E-state index contributed by atoms with van der Waals surface area (Å²) in [5.74, 6) is 0.161. The normalized spacial score (nSPS) is 22.1. The van der Waals surface area contributed by atoms with Gasteiger partial charge in [0.2, 0.25) is 5.95 Å². The van der Waals surface area contributed by atoms with Crippen LogP contribution in [-0.2, 0) is 4.74 Å². The quantitative estimate of drug-likeness (QED) is 0.875. The van der Waals surface area contributed by atoms with E-state index in [1.54, 1.807) is 41.4 Å². The second kappa shape index (κ2) is 5.98. The summed E-state index contributed by atoms with van der Waals surface area (Å²) in [5, 5.41) is 0. The molecule has 2 saturated heterocycles. The fourth-order valence-corrected chi connectivity index (χ4v) is 3.50. The number of likely N-dealkylation sites (tertiary alicyclic amines) is 1. The third-order valence-corrected chi connectivity index (χ3v) is 4.88. The molecule has 0 unspecified atom stereocenters. The van der Waals surface area contributed by atoms with Crippen LogP contribution in [0.15, 0.2) is 36.7 Å². The Morgan fingerprint density at radius 1 is 1.15 bits per heavy atom. The van der Waals surface area contributed by atoms with Crippen molar-refractivity contribution < 1.29 is 14.3 Å². The fraction of sp³-hybridized carbons (Fsp3) is 0.333.